The number of hydrogen-bond acceptors (Lipinski definition) is 4. The summed E-state index contributed by atoms with van der Waals surface area (Å²) in [5.41, 5.74) is 2.44. The van der Waals surface area contributed by atoms with Gasteiger partial charge < -0.3 is 14.2 Å². The molecule has 0 spiro atoms. The van der Waals surface area contributed by atoms with Gasteiger partial charge in [-0.3, -0.25) is 4.90 Å². The predicted molar refractivity (Wildman–Crippen MR) is 79.3 cm³/mol. The maximum Gasteiger partial charge on any atom is 0.118 e. The van der Waals surface area contributed by atoms with E-state index < -0.39 is 0 Å². The Morgan fingerprint density at radius 2 is 2.10 bits per heavy atom. The summed E-state index contributed by atoms with van der Waals surface area (Å²) < 4.78 is 10.9. The normalized spacial score (nSPS) is 11.7. The molecule has 2 heterocycles. The quantitative estimate of drug-likeness (QED) is 0.842. The molecule has 0 atom stereocenters. The Hall–Kier alpha value is -1.52. The van der Waals surface area contributed by atoms with E-state index in [4.69, 9.17) is 8.83 Å². The lowest BCUT2D eigenvalue weighted by Gasteiger charge is -2.14. The molecule has 2 aromatic heterocycles. The van der Waals surface area contributed by atoms with E-state index >= 15 is 0 Å². The van der Waals surface area contributed by atoms with Crippen molar-refractivity contribution in [2.45, 2.75) is 46.4 Å². The molecule has 0 fully saturated rings. The van der Waals surface area contributed by atoms with Gasteiger partial charge in [0.25, 0.3) is 0 Å². The Morgan fingerprint density at radius 1 is 1.30 bits per heavy atom. The van der Waals surface area contributed by atoms with Crippen molar-refractivity contribution in [3.63, 3.8) is 0 Å². The van der Waals surface area contributed by atoms with E-state index in [1.807, 2.05) is 13.0 Å². The van der Waals surface area contributed by atoms with Crippen molar-refractivity contribution in [2.24, 2.45) is 0 Å². The molecule has 2 rings (SSSR count). The van der Waals surface area contributed by atoms with Crippen LogP contribution in [-0.4, -0.2) is 18.0 Å². The second-order valence-corrected chi connectivity index (χ2v) is 5.63. The lowest BCUT2D eigenvalue weighted by atomic mass is 10.2. The third-order valence-corrected chi connectivity index (χ3v) is 3.23. The summed E-state index contributed by atoms with van der Waals surface area (Å²) in [5, 5.41) is 3.37. The molecule has 0 aliphatic carbocycles. The average Bonchev–Trinajstić information content (AvgIpc) is 2.98. The molecule has 20 heavy (non-hydrogen) atoms. The van der Waals surface area contributed by atoms with Gasteiger partial charge in [-0.2, -0.15) is 0 Å². The van der Waals surface area contributed by atoms with E-state index in [0.717, 1.165) is 31.2 Å². The van der Waals surface area contributed by atoms with E-state index in [2.05, 4.69) is 37.2 Å². The molecule has 0 aromatic carbocycles. The van der Waals surface area contributed by atoms with Gasteiger partial charge in [-0.05, 0) is 26.1 Å². The Labute approximate surface area is 120 Å². The molecular weight excluding hydrogens is 252 g/mol. The molecule has 0 radical (unpaired) electrons. The van der Waals surface area contributed by atoms with Crippen LogP contribution in [0.2, 0.25) is 0 Å². The molecule has 0 unspecified atom stereocenters. The minimum Gasteiger partial charge on any atom is -0.472 e. The van der Waals surface area contributed by atoms with Gasteiger partial charge in [0, 0.05) is 30.3 Å². The minimum absolute atomic E-state index is 0.465. The number of rotatable bonds is 7. The fraction of sp³-hybridized carbons (Fsp3) is 0.500. The SMILES string of the molecule is Cc1oc(CNC(C)C)cc1CN(C)Cc1ccoc1. The molecular formula is C16H24N2O2. The molecule has 0 aliphatic heterocycles. The first-order chi connectivity index (χ1) is 9.54. The van der Waals surface area contributed by atoms with Crippen molar-refractivity contribution in [3.05, 3.63) is 47.3 Å². The summed E-state index contributed by atoms with van der Waals surface area (Å²) in [7, 11) is 2.10. The van der Waals surface area contributed by atoms with Gasteiger partial charge in [-0.25, -0.2) is 0 Å². The first kappa shape index (κ1) is 14.9. The number of aryl methyl sites for hydroxylation is 1. The topological polar surface area (TPSA) is 41.6 Å². The molecule has 2 aromatic rings. The fourth-order valence-corrected chi connectivity index (χ4v) is 2.18. The van der Waals surface area contributed by atoms with Crippen molar-refractivity contribution >= 4 is 0 Å². The van der Waals surface area contributed by atoms with Gasteiger partial charge in [-0.1, -0.05) is 13.8 Å². The van der Waals surface area contributed by atoms with Crippen LogP contribution < -0.4 is 5.32 Å². The van der Waals surface area contributed by atoms with Gasteiger partial charge >= 0.3 is 0 Å². The Morgan fingerprint density at radius 3 is 2.75 bits per heavy atom. The first-order valence-corrected chi connectivity index (χ1v) is 7.05. The maximum absolute atomic E-state index is 5.79. The zero-order valence-corrected chi connectivity index (χ0v) is 12.8. The van der Waals surface area contributed by atoms with Gasteiger partial charge in [0.1, 0.15) is 11.5 Å². The highest BCUT2D eigenvalue weighted by Gasteiger charge is 2.10. The van der Waals surface area contributed by atoms with Crippen LogP contribution in [0.3, 0.4) is 0 Å². The van der Waals surface area contributed by atoms with Crippen LogP contribution in [-0.2, 0) is 19.6 Å². The zero-order valence-electron chi connectivity index (χ0n) is 12.8. The summed E-state index contributed by atoms with van der Waals surface area (Å²) in [6.45, 7) is 8.83. The van der Waals surface area contributed by atoms with Crippen LogP contribution in [0, 0.1) is 6.92 Å². The summed E-state index contributed by atoms with van der Waals surface area (Å²) in [6, 6.07) is 4.61. The van der Waals surface area contributed by atoms with E-state index in [-0.39, 0.29) is 0 Å². The summed E-state index contributed by atoms with van der Waals surface area (Å²) in [4.78, 5) is 2.25. The van der Waals surface area contributed by atoms with E-state index in [9.17, 15) is 0 Å². The van der Waals surface area contributed by atoms with Gasteiger partial charge in [0.15, 0.2) is 0 Å². The second-order valence-electron chi connectivity index (χ2n) is 5.63. The van der Waals surface area contributed by atoms with Crippen LogP contribution >= 0.6 is 0 Å². The van der Waals surface area contributed by atoms with Crippen LogP contribution in [0.5, 0.6) is 0 Å². The highest BCUT2D eigenvalue weighted by molar-refractivity contribution is 5.21. The predicted octanol–water partition coefficient (Wildman–Crippen LogP) is 3.31. The van der Waals surface area contributed by atoms with Crippen molar-refractivity contribution in [3.8, 4) is 0 Å². The fourth-order valence-electron chi connectivity index (χ4n) is 2.18. The molecule has 0 amide bonds. The summed E-state index contributed by atoms with van der Waals surface area (Å²) in [6.07, 6.45) is 3.50. The molecule has 0 aliphatic rings. The molecule has 0 saturated carbocycles. The van der Waals surface area contributed by atoms with Crippen molar-refractivity contribution in [2.75, 3.05) is 7.05 Å². The zero-order chi connectivity index (χ0) is 14.5. The van der Waals surface area contributed by atoms with Crippen LogP contribution in [0.1, 0.15) is 36.5 Å². The van der Waals surface area contributed by atoms with Crippen molar-refractivity contribution < 1.29 is 8.83 Å². The number of nitrogens with zero attached hydrogens (tertiary/aromatic N) is 1. The van der Waals surface area contributed by atoms with E-state index in [1.54, 1.807) is 12.5 Å². The number of nitrogens with one attached hydrogen (secondary N) is 1. The van der Waals surface area contributed by atoms with Crippen molar-refractivity contribution in [1.29, 1.82) is 0 Å². The molecule has 0 bridgehead atoms. The first-order valence-electron chi connectivity index (χ1n) is 7.05. The maximum atomic E-state index is 5.79. The smallest absolute Gasteiger partial charge is 0.118 e. The minimum atomic E-state index is 0.465. The second kappa shape index (κ2) is 6.77. The van der Waals surface area contributed by atoms with Crippen LogP contribution in [0.15, 0.2) is 33.5 Å². The van der Waals surface area contributed by atoms with E-state index in [1.165, 1.54) is 11.1 Å². The van der Waals surface area contributed by atoms with Crippen molar-refractivity contribution in [1.82, 2.24) is 10.2 Å². The molecule has 4 nitrogen and oxygen atoms in total. The molecule has 4 heteroatoms. The number of furan rings is 2. The molecule has 1 N–H and O–H groups in total. The monoisotopic (exact) mass is 276 g/mol. The highest BCUT2D eigenvalue weighted by Crippen LogP contribution is 2.17. The Kier molecular flexibility index (Phi) is 5.04. The van der Waals surface area contributed by atoms with Crippen LogP contribution in [0.4, 0.5) is 0 Å². The largest absolute Gasteiger partial charge is 0.472 e. The standard InChI is InChI=1S/C16H24N2O2/c1-12(2)17-8-16-7-15(13(3)20-16)10-18(4)9-14-5-6-19-11-14/h5-7,11-12,17H,8-10H2,1-4H3. The van der Waals surface area contributed by atoms with Crippen LogP contribution in [0.25, 0.3) is 0 Å². The summed E-state index contributed by atoms with van der Waals surface area (Å²) >= 11 is 0. The Balaban J connectivity index is 1.91. The van der Waals surface area contributed by atoms with Gasteiger partial charge in [0.05, 0.1) is 19.1 Å². The molecule has 0 saturated heterocycles. The third-order valence-electron chi connectivity index (χ3n) is 3.23. The average molecular weight is 276 g/mol. The lowest BCUT2D eigenvalue weighted by molar-refractivity contribution is 0.315. The van der Waals surface area contributed by atoms with E-state index in [0.29, 0.717) is 6.04 Å². The third kappa shape index (κ3) is 4.25. The Bertz CT molecular complexity index is 515. The van der Waals surface area contributed by atoms with Gasteiger partial charge in [0.2, 0.25) is 0 Å². The summed E-state index contributed by atoms with van der Waals surface area (Å²) in [5.74, 6) is 2.01. The number of hydrogen-bond donors (Lipinski definition) is 1. The highest BCUT2D eigenvalue weighted by atomic mass is 16.3. The lowest BCUT2D eigenvalue weighted by Crippen LogP contribution is -2.21. The molecule has 110 valence electrons. The van der Waals surface area contributed by atoms with Gasteiger partial charge in [-0.15, -0.1) is 0 Å².